The van der Waals surface area contributed by atoms with E-state index in [0.717, 1.165) is 19.3 Å². The number of carbonyl (C=O) groups is 2. The lowest BCUT2D eigenvalue weighted by atomic mass is 9.95. The van der Waals surface area contributed by atoms with Gasteiger partial charge in [0.15, 0.2) is 0 Å². The van der Waals surface area contributed by atoms with Crippen molar-refractivity contribution in [2.45, 2.75) is 38.6 Å². The van der Waals surface area contributed by atoms with Crippen LogP contribution in [-0.4, -0.2) is 41.1 Å². The van der Waals surface area contributed by atoms with Crippen LogP contribution in [0.2, 0.25) is 0 Å². The Labute approximate surface area is 108 Å². The molecule has 0 spiro atoms. The van der Waals surface area contributed by atoms with E-state index in [1.54, 1.807) is 4.90 Å². The molecule has 18 heavy (non-hydrogen) atoms. The molecule has 0 bridgehead atoms. The second kappa shape index (κ2) is 7.03. The average molecular weight is 254 g/mol. The first-order chi connectivity index (χ1) is 8.58. The molecule has 1 saturated heterocycles. The highest BCUT2D eigenvalue weighted by Gasteiger charge is 2.25. The Bertz CT molecular complexity index is 309. The summed E-state index contributed by atoms with van der Waals surface area (Å²) in [6.07, 6.45) is 4.89. The SMILES string of the molecule is C=CCC(NC(=O)N1CCC(CC)CC1)C(=O)O. The number of likely N-dealkylation sites (tertiary alicyclic amines) is 1. The number of aliphatic carboxylic acids is 1. The van der Waals surface area contributed by atoms with Gasteiger partial charge in [0.05, 0.1) is 0 Å². The van der Waals surface area contributed by atoms with Gasteiger partial charge in [-0.1, -0.05) is 19.4 Å². The molecule has 1 atom stereocenters. The van der Waals surface area contributed by atoms with Gasteiger partial charge in [-0.3, -0.25) is 0 Å². The van der Waals surface area contributed by atoms with Crippen molar-refractivity contribution >= 4 is 12.0 Å². The summed E-state index contributed by atoms with van der Waals surface area (Å²) in [4.78, 5) is 24.5. The lowest BCUT2D eigenvalue weighted by Crippen LogP contribution is -2.50. The van der Waals surface area contributed by atoms with Gasteiger partial charge in [-0.25, -0.2) is 9.59 Å². The number of rotatable bonds is 5. The van der Waals surface area contributed by atoms with Crippen LogP contribution in [0.1, 0.15) is 32.6 Å². The van der Waals surface area contributed by atoms with Gasteiger partial charge < -0.3 is 15.3 Å². The summed E-state index contributed by atoms with van der Waals surface area (Å²) in [7, 11) is 0. The summed E-state index contributed by atoms with van der Waals surface area (Å²) in [5.41, 5.74) is 0. The largest absolute Gasteiger partial charge is 0.480 e. The molecule has 1 unspecified atom stereocenters. The van der Waals surface area contributed by atoms with Crippen molar-refractivity contribution in [3.63, 3.8) is 0 Å². The lowest BCUT2D eigenvalue weighted by molar-refractivity contribution is -0.139. The Morgan fingerprint density at radius 2 is 2.11 bits per heavy atom. The molecule has 0 saturated carbocycles. The van der Waals surface area contributed by atoms with E-state index in [1.807, 2.05) is 0 Å². The zero-order valence-corrected chi connectivity index (χ0v) is 10.9. The highest BCUT2D eigenvalue weighted by atomic mass is 16.4. The van der Waals surface area contributed by atoms with E-state index in [4.69, 9.17) is 5.11 Å². The van der Waals surface area contributed by atoms with Crippen LogP contribution >= 0.6 is 0 Å². The molecule has 1 aliphatic heterocycles. The quantitative estimate of drug-likeness (QED) is 0.736. The van der Waals surface area contributed by atoms with Crippen LogP contribution in [0.3, 0.4) is 0 Å². The predicted octanol–water partition coefficient (Wildman–Crippen LogP) is 1.85. The lowest BCUT2D eigenvalue weighted by Gasteiger charge is -2.32. The highest BCUT2D eigenvalue weighted by Crippen LogP contribution is 2.19. The van der Waals surface area contributed by atoms with Crippen LogP contribution in [-0.2, 0) is 4.79 Å². The Hall–Kier alpha value is -1.52. The zero-order valence-electron chi connectivity index (χ0n) is 10.9. The van der Waals surface area contributed by atoms with E-state index < -0.39 is 12.0 Å². The first kappa shape index (κ1) is 14.5. The summed E-state index contributed by atoms with van der Waals surface area (Å²) < 4.78 is 0. The number of piperidine rings is 1. The maximum absolute atomic E-state index is 11.9. The zero-order chi connectivity index (χ0) is 13.5. The van der Waals surface area contributed by atoms with Crippen LogP contribution in [0.15, 0.2) is 12.7 Å². The average Bonchev–Trinajstić information content (AvgIpc) is 2.38. The maximum Gasteiger partial charge on any atom is 0.326 e. The molecule has 1 aliphatic rings. The van der Waals surface area contributed by atoms with Crippen molar-refractivity contribution in [3.8, 4) is 0 Å². The fourth-order valence-electron chi connectivity index (χ4n) is 2.17. The highest BCUT2D eigenvalue weighted by molar-refractivity contribution is 5.82. The van der Waals surface area contributed by atoms with Crippen LogP contribution in [0.25, 0.3) is 0 Å². The second-order valence-electron chi connectivity index (χ2n) is 4.70. The van der Waals surface area contributed by atoms with E-state index in [-0.39, 0.29) is 12.5 Å². The van der Waals surface area contributed by atoms with E-state index in [0.29, 0.717) is 19.0 Å². The molecule has 1 heterocycles. The number of amides is 2. The predicted molar refractivity (Wildman–Crippen MR) is 69.4 cm³/mol. The van der Waals surface area contributed by atoms with Gasteiger partial charge in [-0.15, -0.1) is 6.58 Å². The smallest absolute Gasteiger partial charge is 0.326 e. The van der Waals surface area contributed by atoms with Crippen LogP contribution in [0.4, 0.5) is 4.79 Å². The first-order valence-electron chi connectivity index (χ1n) is 6.47. The minimum atomic E-state index is -1.02. The number of carboxylic acid groups (broad SMARTS) is 1. The van der Waals surface area contributed by atoms with Crippen LogP contribution in [0, 0.1) is 5.92 Å². The summed E-state index contributed by atoms with van der Waals surface area (Å²) in [5, 5.41) is 11.5. The molecule has 0 aliphatic carbocycles. The first-order valence-corrected chi connectivity index (χ1v) is 6.47. The number of urea groups is 1. The van der Waals surface area contributed by atoms with Crippen molar-refractivity contribution in [1.29, 1.82) is 0 Å². The molecule has 0 radical (unpaired) electrons. The third-order valence-corrected chi connectivity index (χ3v) is 3.48. The standard InChI is InChI=1S/C13H22N2O3/c1-3-5-11(12(16)17)14-13(18)15-8-6-10(4-2)7-9-15/h3,10-11H,1,4-9H2,2H3,(H,14,18)(H,16,17). The summed E-state index contributed by atoms with van der Waals surface area (Å²) in [5.74, 6) is -0.329. The normalized spacial score (nSPS) is 18.2. The van der Waals surface area contributed by atoms with Gasteiger partial charge in [0.2, 0.25) is 0 Å². The Kier molecular flexibility index (Phi) is 5.68. The number of hydrogen-bond acceptors (Lipinski definition) is 2. The molecule has 0 aromatic rings. The maximum atomic E-state index is 11.9. The molecular formula is C13H22N2O3. The van der Waals surface area contributed by atoms with Crippen molar-refractivity contribution in [3.05, 3.63) is 12.7 Å². The van der Waals surface area contributed by atoms with Gasteiger partial charge in [-0.05, 0) is 25.2 Å². The van der Waals surface area contributed by atoms with E-state index >= 15 is 0 Å². The van der Waals surface area contributed by atoms with Crippen molar-refractivity contribution in [1.82, 2.24) is 10.2 Å². The molecule has 2 N–H and O–H groups in total. The Balaban J connectivity index is 2.45. The van der Waals surface area contributed by atoms with Crippen molar-refractivity contribution in [2.24, 2.45) is 5.92 Å². The topological polar surface area (TPSA) is 69.6 Å². The molecule has 0 aromatic carbocycles. The van der Waals surface area contributed by atoms with Crippen molar-refractivity contribution in [2.75, 3.05) is 13.1 Å². The Morgan fingerprint density at radius 1 is 1.50 bits per heavy atom. The molecule has 102 valence electrons. The second-order valence-corrected chi connectivity index (χ2v) is 4.70. The van der Waals surface area contributed by atoms with Gasteiger partial charge in [0.25, 0.3) is 0 Å². The molecule has 5 nitrogen and oxygen atoms in total. The van der Waals surface area contributed by atoms with E-state index in [1.165, 1.54) is 6.08 Å². The van der Waals surface area contributed by atoms with Gasteiger partial charge in [0, 0.05) is 13.1 Å². The molecule has 1 fully saturated rings. The summed E-state index contributed by atoms with van der Waals surface area (Å²) >= 11 is 0. The molecule has 1 rings (SSSR count). The number of hydrogen-bond donors (Lipinski definition) is 2. The molecule has 0 aromatic heterocycles. The number of carbonyl (C=O) groups excluding carboxylic acids is 1. The van der Waals surface area contributed by atoms with E-state index in [9.17, 15) is 9.59 Å². The number of nitrogens with one attached hydrogen (secondary N) is 1. The monoisotopic (exact) mass is 254 g/mol. The molecule has 5 heteroatoms. The van der Waals surface area contributed by atoms with Gasteiger partial charge in [0.1, 0.15) is 6.04 Å². The van der Waals surface area contributed by atoms with E-state index in [2.05, 4.69) is 18.8 Å². The third-order valence-electron chi connectivity index (χ3n) is 3.48. The summed E-state index contributed by atoms with van der Waals surface area (Å²) in [6.45, 7) is 7.08. The van der Waals surface area contributed by atoms with Gasteiger partial charge in [-0.2, -0.15) is 0 Å². The third kappa shape index (κ3) is 4.05. The fraction of sp³-hybridized carbons (Fsp3) is 0.692. The van der Waals surface area contributed by atoms with Crippen LogP contribution < -0.4 is 5.32 Å². The molecular weight excluding hydrogens is 232 g/mol. The fourth-order valence-corrected chi connectivity index (χ4v) is 2.17. The van der Waals surface area contributed by atoms with Crippen LogP contribution in [0.5, 0.6) is 0 Å². The minimum absolute atomic E-state index is 0.243. The van der Waals surface area contributed by atoms with Gasteiger partial charge >= 0.3 is 12.0 Å². The minimum Gasteiger partial charge on any atom is -0.480 e. The molecule has 2 amide bonds. The Morgan fingerprint density at radius 3 is 2.56 bits per heavy atom. The van der Waals surface area contributed by atoms with Crippen molar-refractivity contribution < 1.29 is 14.7 Å². The number of carboxylic acids is 1. The summed E-state index contributed by atoms with van der Waals surface area (Å²) in [6, 6.07) is -1.15. The number of nitrogens with zero attached hydrogens (tertiary/aromatic N) is 1.